The van der Waals surface area contributed by atoms with Crippen LogP contribution in [0.15, 0.2) is 23.0 Å². The summed E-state index contributed by atoms with van der Waals surface area (Å²) < 4.78 is 2.15. The molecule has 29 heavy (non-hydrogen) atoms. The van der Waals surface area contributed by atoms with Crippen molar-refractivity contribution in [2.75, 3.05) is 7.05 Å². The van der Waals surface area contributed by atoms with Crippen LogP contribution < -0.4 is 10.9 Å². The summed E-state index contributed by atoms with van der Waals surface area (Å²) in [5, 5.41) is 24.1. The van der Waals surface area contributed by atoms with E-state index in [4.69, 9.17) is 0 Å². The fourth-order valence-corrected chi connectivity index (χ4v) is 4.19. The van der Waals surface area contributed by atoms with E-state index in [1.54, 1.807) is 0 Å². The summed E-state index contributed by atoms with van der Waals surface area (Å²) in [5.41, 5.74) is 3.87. The fraction of sp³-hybridized carbons (Fsp3) is 0.333. The summed E-state index contributed by atoms with van der Waals surface area (Å²) in [6, 6.07) is 6.28. The van der Waals surface area contributed by atoms with Crippen LogP contribution >= 0.6 is 12.4 Å². The molecule has 154 valence electrons. The number of halogens is 1. The number of carbonyl (C=O) groups is 1. The van der Waals surface area contributed by atoms with E-state index in [0.29, 0.717) is 17.7 Å². The van der Waals surface area contributed by atoms with Crippen molar-refractivity contribution in [2.45, 2.75) is 32.2 Å². The van der Waals surface area contributed by atoms with Crippen molar-refractivity contribution in [3.63, 3.8) is 0 Å². The molecule has 0 unspecified atom stereocenters. The molecule has 1 aliphatic carbocycles. The smallest absolute Gasteiger partial charge is 0.345 e. The topological polar surface area (TPSA) is 107 Å². The van der Waals surface area contributed by atoms with Gasteiger partial charge in [-0.1, -0.05) is 0 Å². The minimum atomic E-state index is -1.42. The van der Waals surface area contributed by atoms with Crippen LogP contribution in [0.5, 0.6) is 5.75 Å². The summed E-state index contributed by atoms with van der Waals surface area (Å²) in [6.07, 6.45) is 3.12. The maximum atomic E-state index is 12.4. The zero-order valence-electron chi connectivity index (χ0n) is 16.3. The number of benzene rings is 1. The van der Waals surface area contributed by atoms with E-state index in [1.807, 2.05) is 20.2 Å². The van der Waals surface area contributed by atoms with Gasteiger partial charge in [-0.05, 0) is 56.5 Å². The first-order valence-electron chi connectivity index (χ1n) is 9.40. The van der Waals surface area contributed by atoms with Gasteiger partial charge in [-0.3, -0.25) is 4.79 Å². The van der Waals surface area contributed by atoms with Gasteiger partial charge in [-0.15, -0.1) is 12.4 Å². The molecule has 1 aliphatic rings. The molecule has 4 N–H and O–H groups in total. The van der Waals surface area contributed by atoms with Gasteiger partial charge in [0.1, 0.15) is 5.75 Å². The first-order valence-corrected chi connectivity index (χ1v) is 9.40. The van der Waals surface area contributed by atoms with Crippen molar-refractivity contribution < 1.29 is 15.0 Å². The Kier molecular flexibility index (Phi) is 5.73. The molecule has 7 nitrogen and oxygen atoms in total. The molecule has 2 heterocycles. The molecule has 0 spiro atoms. The van der Waals surface area contributed by atoms with E-state index < -0.39 is 22.8 Å². The van der Waals surface area contributed by atoms with E-state index in [0.717, 1.165) is 53.5 Å². The quantitative estimate of drug-likeness (QED) is 0.524. The lowest BCUT2D eigenvalue weighted by molar-refractivity contribution is 0.0691. The molecule has 0 saturated heterocycles. The maximum absolute atomic E-state index is 12.4. The number of hydrogen-bond donors (Lipinski definition) is 4. The second-order valence-corrected chi connectivity index (χ2v) is 7.34. The lowest BCUT2D eigenvalue weighted by Crippen LogP contribution is -2.21. The normalized spacial score (nSPS) is 13.2. The van der Waals surface area contributed by atoms with E-state index in [9.17, 15) is 19.8 Å². The van der Waals surface area contributed by atoms with Crippen molar-refractivity contribution in [3.8, 4) is 17.0 Å². The highest BCUT2D eigenvalue weighted by Crippen LogP contribution is 2.37. The van der Waals surface area contributed by atoms with Crippen molar-refractivity contribution in [1.82, 2.24) is 14.9 Å². The minimum absolute atomic E-state index is 0. The number of pyridine rings is 1. The fourth-order valence-electron chi connectivity index (χ4n) is 4.19. The number of aromatic carboxylic acids is 1. The number of H-pyrrole nitrogens is 1. The molecule has 3 aromatic rings. The molecule has 1 aromatic carbocycles. The average Bonchev–Trinajstić information content (AvgIpc) is 2.93. The number of hydrogen-bond acceptors (Lipinski definition) is 4. The highest BCUT2D eigenvalue weighted by molar-refractivity contribution is 5.93. The molecule has 0 amide bonds. The second kappa shape index (κ2) is 7.93. The van der Waals surface area contributed by atoms with Crippen molar-refractivity contribution >= 4 is 29.3 Å². The van der Waals surface area contributed by atoms with Crippen molar-refractivity contribution in [3.05, 3.63) is 50.9 Å². The molecule has 0 atom stereocenters. The Balaban J connectivity index is 0.00000240. The molecule has 2 aromatic heterocycles. The van der Waals surface area contributed by atoms with E-state index >= 15 is 0 Å². The van der Waals surface area contributed by atoms with Gasteiger partial charge in [0.05, 0.1) is 5.69 Å². The van der Waals surface area contributed by atoms with Crippen LogP contribution in [-0.2, 0) is 26.4 Å². The number of carboxylic acids is 1. The predicted octanol–water partition coefficient (Wildman–Crippen LogP) is 2.96. The van der Waals surface area contributed by atoms with Gasteiger partial charge in [0.25, 0.3) is 5.56 Å². The minimum Gasteiger partial charge on any atom is -0.506 e. The standard InChI is InChI=1S/C21H23N3O4.ClH/c1-22-10-13-7-12-8-15-11(9-16(12)24(13)2)5-3-4-6-14-18(15)23-20(26)17(19(14)25)21(27)28;/h7-9,22H,3-6,10H2,1-2H3,(H,27,28)(H2,23,25,26);1H. The molecular weight excluding hydrogens is 394 g/mol. The van der Waals surface area contributed by atoms with E-state index in [-0.39, 0.29) is 12.4 Å². The van der Waals surface area contributed by atoms with Gasteiger partial charge < -0.3 is 25.1 Å². The van der Waals surface area contributed by atoms with Gasteiger partial charge >= 0.3 is 5.97 Å². The molecular formula is C21H24ClN3O4. The molecule has 0 fully saturated rings. The Labute approximate surface area is 173 Å². The summed E-state index contributed by atoms with van der Waals surface area (Å²) in [4.78, 5) is 26.5. The van der Waals surface area contributed by atoms with Gasteiger partial charge in [0.15, 0.2) is 5.56 Å². The van der Waals surface area contributed by atoms with Crippen LogP contribution in [0.2, 0.25) is 0 Å². The first kappa shape index (κ1) is 21.0. The predicted molar refractivity (Wildman–Crippen MR) is 114 cm³/mol. The third kappa shape index (κ3) is 3.41. The first-order chi connectivity index (χ1) is 13.4. The number of carboxylic acid groups (broad SMARTS) is 1. The number of aryl methyl sites for hydroxylation is 2. The Hall–Kier alpha value is -2.77. The maximum Gasteiger partial charge on any atom is 0.345 e. The third-order valence-corrected chi connectivity index (χ3v) is 5.62. The van der Waals surface area contributed by atoms with Crippen LogP contribution in [0.25, 0.3) is 22.2 Å². The lowest BCUT2D eigenvalue weighted by atomic mass is 9.89. The number of aromatic amines is 1. The molecule has 8 heteroatoms. The number of nitrogens with zero attached hydrogens (tertiary/aromatic N) is 1. The highest BCUT2D eigenvalue weighted by Gasteiger charge is 2.25. The van der Waals surface area contributed by atoms with Crippen LogP contribution in [0.3, 0.4) is 0 Å². The van der Waals surface area contributed by atoms with E-state index in [2.05, 4.69) is 27.0 Å². The molecule has 0 radical (unpaired) electrons. The number of fused-ring (bicyclic) bond motifs is 4. The summed E-state index contributed by atoms with van der Waals surface area (Å²) in [6.45, 7) is 0.742. The van der Waals surface area contributed by atoms with Crippen LogP contribution in [0, 0.1) is 0 Å². The SMILES string of the molecule is CNCc1cc2cc3c(cc2n1C)CCCCc1c-3[nH]c(=O)c(C(=O)O)c1O.Cl. The van der Waals surface area contributed by atoms with Gasteiger partial charge in [-0.25, -0.2) is 4.79 Å². The second-order valence-electron chi connectivity index (χ2n) is 7.34. The van der Waals surface area contributed by atoms with Gasteiger partial charge in [-0.2, -0.15) is 0 Å². The summed E-state index contributed by atoms with van der Waals surface area (Å²) >= 11 is 0. The lowest BCUT2D eigenvalue weighted by Gasteiger charge is -2.19. The number of nitrogens with one attached hydrogen (secondary N) is 2. The Morgan fingerprint density at radius 2 is 1.97 bits per heavy atom. The molecule has 0 saturated carbocycles. The highest BCUT2D eigenvalue weighted by atomic mass is 35.5. The summed E-state index contributed by atoms with van der Waals surface area (Å²) in [5.74, 6) is -1.83. The zero-order chi connectivity index (χ0) is 20.0. The van der Waals surface area contributed by atoms with Crippen LogP contribution in [-0.4, -0.2) is 32.8 Å². The number of rotatable bonds is 3. The van der Waals surface area contributed by atoms with Gasteiger partial charge in [0.2, 0.25) is 0 Å². The largest absolute Gasteiger partial charge is 0.506 e. The molecule has 0 aliphatic heterocycles. The van der Waals surface area contributed by atoms with Crippen molar-refractivity contribution in [1.29, 1.82) is 0 Å². The Morgan fingerprint density at radius 1 is 1.24 bits per heavy atom. The average molecular weight is 418 g/mol. The van der Waals surface area contributed by atoms with E-state index in [1.165, 1.54) is 0 Å². The number of aromatic hydroxyl groups is 1. The third-order valence-electron chi connectivity index (χ3n) is 5.62. The summed E-state index contributed by atoms with van der Waals surface area (Å²) in [7, 11) is 3.94. The molecule has 4 rings (SSSR count). The Morgan fingerprint density at radius 3 is 2.66 bits per heavy atom. The van der Waals surface area contributed by atoms with Crippen molar-refractivity contribution in [2.24, 2.45) is 7.05 Å². The number of aromatic nitrogens is 2. The zero-order valence-corrected chi connectivity index (χ0v) is 17.2. The molecule has 0 bridgehead atoms. The van der Waals surface area contributed by atoms with Crippen LogP contribution in [0.1, 0.15) is 40.0 Å². The van der Waals surface area contributed by atoms with Crippen LogP contribution in [0.4, 0.5) is 0 Å². The monoisotopic (exact) mass is 417 g/mol. The van der Waals surface area contributed by atoms with Gasteiger partial charge in [0, 0.05) is 41.3 Å². The Bertz CT molecular complexity index is 1160.